The molecule has 0 saturated carbocycles. The van der Waals surface area contributed by atoms with Crippen LogP contribution >= 0.6 is 0 Å². The van der Waals surface area contributed by atoms with Crippen molar-refractivity contribution < 1.29 is 9.90 Å². The van der Waals surface area contributed by atoms with Gasteiger partial charge in [-0.1, -0.05) is 0 Å². The summed E-state index contributed by atoms with van der Waals surface area (Å²) in [6, 6.07) is 0. The van der Waals surface area contributed by atoms with Gasteiger partial charge in [0.1, 0.15) is 0 Å². The Bertz CT molecular complexity index is 141. The smallest absolute Gasteiger partial charge is 0.207 e. The first kappa shape index (κ1) is 9.48. The van der Waals surface area contributed by atoms with Crippen LogP contribution in [0.1, 0.15) is 12.8 Å². The molecule has 12 heavy (non-hydrogen) atoms. The molecule has 0 aromatic heterocycles. The van der Waals surface area contributed by atoms with Gasteiger partial charge in [0, 0.05) is 19.6 Å². The van der Waals surface area contributed by atoms with Crippen molar-refractivity contribution in [2.24, 2.45) is 0 Å². The number of piperidine rings is 1. The number of rotatable bonds is 4. The lowest BCUT2D eigenvalue weighted by atomic mass is 10.1. The average Bonchev–Trinajstić information content (AvgIpc) is 2.05. The van der Waals surface area contributed by atoms with Crippen LogP contribution in [0.15, 0.2) is 0 Å². The second kappa shape index (κ2) is 5.11. The highest BCUT2D eigenvalue weighted by Gasteiger charge is 2.16. The molecule has 4 heteroatoms. The Balaban J connectivity index is 2.09. The lowest BCUT2D eigenvalue weighted by Crippen LogP contribution is -2.41. The summed E-state index contributed by atoms with van der Waals surface area (Å²) in [5.74, 6) is 0. The van der Waals surface area contributed by atoms with Crippen molar-refractivity contribution >= 4 is 6.41 Å². The van der Waals surface area contributed by atoms with Crippen LogP contribution in [0.5, 0.6) is 0 Å². The van der Waals surface area contributed by atoms with Gasteiger partial charge in [0.25, 0.3) is 0 Å². The number of hydrogen-bond donors (Lipinski definition) is 2. The van der Waals surface area contributed by atoms with Crippen molar-refractivity contribution in [1.29, 1.82) is 0 Å². The van der Waals surface area contributed by atoms with Gasteiger partial charge in [-0.15, -0.1) is 0 Å². The van der Waals surface area contributed by atoms with Gasteiger partial charge in [-0.3, -0.25) is 9.69 Å². The van der Waals surface area contributed by atoms with Crippen LogP contribution in [-0.4, -0.2) is 48.7 Å². The molecule has 0 aliphatic carbocycles. The van der Waals surface area contributed by atoms with Crippen molar-refractivity contribution in [3.63, 3.8) is 0 Å². The fourth-order valence-corrected chi connectivity index (χ4v) is 1.52. The van der Waals surface area contributed by atoms with Gasteiger partial charge in [-0.2, -0.15) is 0 Å². The van der Waals surface area contributed by atoms with Crippen LogP contribution in [-0.2, 0) is 4.79 Å². The topological polar surface area (TPSA) is 52.6 Å². The molecule has 1 aliphatic rings. The Kier molecular flexibility index (Phi) is 4.04. The van der Waals surface area contributed by atoms with Crippen molar-refractivity contribution in [1.82, 2.24) is 10.2 Å². The van der Waals surface area contributed by atoms with Crippen LogP contribution in [0, 0.1) is 0 Å². The van der Waals surface area contributed by atoms with Gasteiger partial charge in [-0.25, -0.2) is 0 Å². The second-order valence-corrected chi connectivity index (χ2v) is 3.17. The van der Waals surface area contributed by atoms with E-state index in [1.54, 1.807) is 0 Å². The number of nitrogens with zero attached hydrogens (tertiary/aromatic N) is 1. The number of β-amino-alcohol motifs (C(OH)–C–C–N with tert-alkyl or cyclic N) is 1. The number of nitrogens with one attached hydrogen (secondary N) is 1. The van der Waals surface area contributed by atoms with Gasteiger partial charge in [0.2, 0.25) is 6.41 Å². The minimum atomic E-state index is -0.171. The van der Waals surface area contributed by atoms with Gasteiger partial charge < -0.3 is 10.4 Å². The maximum absolute atomic E-state index is 9.93. The van der Waals surface area contributed by atoms with E-state index in [0.717, 1.165) is 32.5 Å². The molecule has 1 rings (SSSR count). The summed E-state index contributed by atoms with van der Waals surface area (Å²) in [7, 11) is 0. The van der Waals surface area contributed by atoms with E-state index in [1.165, 1.54) is 0 Å². The summed E-state index contributed by atoms with van der Waals surface area (Å²) < 4.78 is 0. The minimum Gasteiger partial charge on any atom is -0.392 e. The SMILES string of the molecule is O=CNCCN1CCCC(O)C1. The van der Waals surface area contributed by atoms with Crippen LogP contribution in [0.25, 0.3) is 0 Å². The van der Waals surface area contributed by atoms with E-state index in [2.05, 4.69) is 10.2 Å². The largest absolute Gasteiger partial charge is 0.392 e. The molecule has 0 aromatic rings. The zero-order chi connectivity index (χ0) is 8.81. The summed E-state index contributed by atoms with van der Waals surface area (Å²) in [5.41, 5.74) is 0. The molecule has 1 fully saturated rings. The molecule has 1 aliphatic heterocycles. The third kappa shape index (κ3) is 3.19. The molecular weight excluding hydrogens is 156 g/mol. The summed E-state index contributed by atoms with van der Waals surface area (Å²) in [6.45, 7) is 3.31. The number of likely N-dealkylation sites (tertiary alicyclic amines) is 1. The molecule has 1 heterocycles. The monoisotopic (exact) mass is 172 g/mol. The third-order valence-electron chi connectivity index (χ3n) is 2.14. The Morgan fingerprint density at radius 1 is 1.67 bits per heavy atom. The van der Waals surface area contributed by atoms with Crippen molar-refractivity contribution in [2.45, 2.75) is 18.9 Å². The first-order chi connectivity index (χ1) is 5.83. The molecule has 1 amide bonds. The van der Waals surface area contributed by atoms with Crippen LogP contribution in [0.3, 0.4) is 0 Å². The van der Waals surface area contributed by atoms with Crippen molar-refractivity contribution in [2.75, 3.05) is 26.2 Å². The standard InChI is InChI=1S/C8H16N2O2/c11-7-9-3-5-10-4-1-2-8(12)6-10/h7-8,12H,1-6H2,(H,9,11). The van der Waals surface area contributed by atoms with E-state index < -0.39 is 0 Å². The van der Waals surface area contributed by atoms with Crippen molar-refractivity contribution in [3.05, 3.63) is 0 Å². The van der Waals surface area contributed by atoms with E-state index in [-0.39, 0.29) is 6.10 Å². The zero-order valence-electron chi connectivity index (χ0n) is 7.20. The predicted molar refractivity (Wildman–Crippen MR) is 45.7 cm³/mol. The number of carbonyl (C=O) groups excluding carboxylic acids is 1. The molecule has 70 valence electrons. The number of aliphatic hydroxyl groups is 1. The second-order valence-electron chi connectivity index (χ2n) is 3.17. The molecule has 0 spiro atoms. The fourth-order valence-electron chi connectivity index (χ4n) is 1.52. The maximum Gasteiger partial charge on any atom is 0.207 e. The van der Waals surface area contributed by atoms with E-state index >= 15 is 0 Å². The van der Waals surface area contributed by atoms with Crippen LogP contribution in [0.2, 0.25) is 0 Å². The van der Waals surface area contributed by atoms with E-state index in [1.807, 2.05) is 0 Å². The zero-order valence-corrected chi connectivity index (χ0v) is 7.20. The summed E-state index contributed by atoms with van der Waals surface area (Å²) >= 11 is 0. The molecule has 0 aromatic carbocycles. The number of hydrogen-bond acceptors (Lipinski definition) is 3. The van der Waals surface area contributed by atoms with Crippen LogP contribution < -0.4 is 5.32 Å². The first-order valence-electron chi connectivity index (χ1n) is 4.40. The molecule has 4 nitrogen and oxygen atoms in total. The van der Waals surface area contributed by atoms with Gasteiger partial charge in [-0.05, 0) is 19.4 Å². The summed E-state index contributed by atoms with van der Waals surface area (Å²) in [5, 5.41) is 11.9. The Labute approximate surface area is 72.6 Å². The highest BCUT2D eigenvalue weighted by Crippen LogP contribution is 2.08. The molecule has 1 unspecified atom stereocenters. The fraction of sp³-hybridized carbons (Fsp3) is 0.875. The van der Waals surface area contributed by atoms with E-state index in [0.29, 0.717) is 13.0 Å². The Morgan fingerprint density at radius 2 is 2.50 bits per heavy atom. The van der Waals surface area contributed by atoms with Gasteiger partial charge in [0.05, 0.1) is 6.10 Å². The highest BCUT2D eigenvalue weighted by atomic mass is 16.3. The summed E-state index contributed by atoms with van der Waals surface area (Å²) in [6.07, 6.45) is 2.51. The first-order valence-corrected chi connectivity index (χ1v) is 4.40. The predicted octanol–water partition coefficient (Wildman–Crippen LogP) is -0.811. The van der Waals surface area contributed by atoms with E-state index in [9.17, 15) is 9.90 Å². The Morgan fingerprint density at radius 3 is 3.17 bits per heavy atom. The lowest BCUT2D eigenvalue weighted by Gasteiger charge is -2.29. The molecule has 2 N–H and O–H groups in total. The van der Waals surface area contributed by atoms with Crippen LogP contribution in [0.4, 0.5) is 0 Å². The van der Waals surface area contributed by atoms with Gasteiger partial charge >= 0.3 is 0 Å². The number of amides is 1. The van der Waals surface area contributed by atoms with E-state index in [4.69, 9.17) is 0 Å². The van der Waals surface area contributed by atoms with Gasteiger partial charge in [0.15, 0.2) is 0 Å². The third-order valence-corrected chi connectivity index (χ3v) is 2.14. The molecule has 1 saturated heterocycles. The maximum atomic E-state index is 9.93. The number of aliphatic hydroxyl groups excluding tert-OH is 1. The Hall–Kier alpha value is -0.610. The minimum absolute atomic E-state index is 0.171. The van der Waals surface area contributed by atoms with Crippen molar-refractivity contribution in [3.8, 4) is 0 Å². The number of carbonyl (C=O) groups is 1. The average molecular weight is 172 g/mol. The molecule has 1 atom stereocenters. The quantitative estimate of drug-likeness (QED) is 0.431. The molecule has 0 radical (unpaired) electrons. The lowest BCUT2D eigenvalue weighted by molar-refractivity contribution is -0.109. The molecular formula is C8H16N2O2. The highest BCUT2D eigenvalue weighted by molar-refractivity contribution is 5.45. The molecule has 0 bridgehead atoms. The summed E-state index contributed by atoms with van der Waals surface area (Å²) in [4.78, 5) is 12.1. The normalized spacial score (nSPS) is 25.2.